The molecule has 1 atom stereocenters. The molecule has 0 aliphatic rings. The van der Waals surface area contributed by atoms with Crippen molar-refractivity contribution in [2.45, 2.75) is 4.90 Å². The number of ether oxygens (including phenoxy) is 1. The van der Waals surface area contributed by atoms with E-state index in [9.17, 15) is 9.00 Å². The second-order valence-corrected chi connectivity index (χ2v) is 4.45. The van der Waals surface area contributed by atoms with Crippen LogP contribution < -0.4 is 0 Å². The van der Waals surface area contributed by atoms with Crippen LogP contribution in [0.5, 0.6) is 0 Å². The molecule has 0 saturated heterocycles. The van der Waals surface area contributed by atoms with E-state index in [1.807, 2.05) is 0 Å². The molecule has 0 radical (unpaired) electrons. The number of benzene rings is 1. The van der Waals surface area contributed by atoms with Gasteiger partial charge < -0.3 is 9.84 Å². The zero-order chi connectivity index (χ0) is 11.3. The van der Waals surface area contributed by atoms with E-state index in [1.54, 1.807) is 12.1 Å². The standard InChI is InChI=1S/C10H12O4S/c1-14-5-6-15(13)9-4-2-3-8(7-9)10(11)12/h2-4,7H,5-6H2,1H3,(H,11,12). The molecular formula is C10H12O4S. The summed E-state index contributed by atoms with van der Waals surface area (Å²) in [5.74, 6) is -0.639. The molecule has 0 saturated carbocycles. The molecule has 0 aliphatic carbocycles. The Morgan fingerprint density at radius 2 is 2.27 bits per heavy atom. The molecule has 1 unspecified atom stereocenters. The molecule has 15 heavy (non-hydrogen) atoms. The van der Waals surface area contributed by atoms with Crippen LogP contribution in [0.2, 0.25) is 0 Å². The highest BCUT2D eigenvalue weighted by molar-refractivity contribution is 7.85. The van der Waals surface area contributed by atoms with Gasteiger partial charge in [-0.25, -0.2) is 4.79 Å². The van der Waals surface area contributed by atoms with Gasteiger partial charge in [0.2, 0.25) is 0 Å². The Morgan fingerprint density at radius 3 is 2.87 bits per heavy atom. The third-order valence-electron chi connectivity index (χ3n) is 1.82. The second kappa shape index (κ2) is 5.63. The quantitative estimate of drug-likeness (QED) is 0.820. The van der Waals surface area contributed by atoms with Gasteiger partial charge in [-0.3, -0.25) is 4.21 Å². The summed E-state index contributed by atoms with van der Waals surface area (Å²) >= 11 is 0. The van der Waals surface area contributed by atoms with E-state index in [0.717, 1.165) is 0 Å². The van der Waals surface area contributed by atoms with Crippen LogP contribution in [0.25, 0.3) is 0 Å². The molecule has 1 aromatic carbocycles. The summed E-state index contributed by atoms with van der Waals surface area (Å²) in [4.78, 5) is 11.2. The molecule has 0 heterocycles. The van der Waals surface area contributed by atoms with Crippen molar-refractivity contribution in [2.75, 3.05) is 19.5 Å². The van der Waals surface area contributed by atoms with Crippen molar-refractivity contribution in [3.05, 3.63) is 29.8 Å². The van der Waals surface area contributed by atoms with E-state index in [4.69, 9.17) is 9.84 Å². The van der Waals surface area contributed by atoms with Gasteiger partial charge >= 0.3 is 5.97 Å². The fourth-order valence-electron chi connectivity index (χ4n) is 1.05. The van der Waals surface area contributed by atoms with Crippen LogP contribution in [0.15, 0.2) is 29.2 Å². The van der Waals surface area contributed by atoms with Gasteiger partial charge in [0, 0.05) is 12.0 Å². The maximum atomic E-state index is 11.6. The molecule has 1 rings (SSSR count). The van der Waals surface area contributed by atoms with E-state index < -0.39 is 16.8 Å². The largest absolute Gasteiger partial charge is 0.478 e. The Hall–Kier alpha value is -1.20. The molecule has 1 N–H and O–H groups in total. The summed E-state index contributed by atoms with van der Waals surface area (Å²) in [5.41, 5.74) is 0.151. The summed E-state index contributed by atoms with van der Waals surface area (Å²) in [6.45, 7) is 0.393. The average Bonchev–Trinajstić information content (AvgIpc) is 2.26. The van der Waals surface area contributed by atoms with Crippen molar-refractivity contribution in [1.82, 2.24) is 0 Å². The number of methoxy groups -OCH3 is 1. The summed E-state index contributed by atoms with van der Waals surface area (Å²) in [6.07, 6.45) is 0. The van der Waals surface area contributed by atoms with Gasteiger partial charge in [0.15, 0.2) is 0 Å². The summed E-state index contributed by atoms with van der Waals surface area (Å²) in [7, 11) is 0.334. The molecule has 4 nitrogen and oxygen atoms in total. The van der Waals surface area contributed by atoms with Crippen molar-refractivity contribution in [3.63, 3.8) is 0 Å². The molecule has 0 bridgehead atoms. The molecule has 0 aliphatic heterocycles. The number of carboxylic acids is 1. The first-order chi connectivity index (χ1) is 7.15. The molecular weight excluding hydrogens is 216 g/mol. The monoisotopic (exact) mass is 228 g/mol. The second-order valence-electron chi connectivity index (χ2n) is 2.88. The molecule has 5 heteroatoms. The SMILES string of the molecule is COCCS(=O)c1cccc(C(=O)O)c1. The maximum absolute atomic E-state index is 11.6. The zero-order valence-electron chi connectivity index (χ0n) is 8.30. The minimum absolute atomic E-state index is 0.151. The Balaban J connectivity index is 2.81. The average molecular weight is 228 g/mol. The lowest BCUT2D eigenvalue weighted by molar-refractivity contribution is 0.0696. The van der Waals surface area contributed by atoms with Crippen LogP contribution in [0.1, 0.15) is 10.4 Å². The lowest BCUT2D eigenvalue weighted by Gasteiger charge is -2.02. The van der Waals surface area contributed by atoms with E-state index in [0.29, 0.717) is 17.3 Å². The van der Waals surface area contributed by atoms with E-state index >= 15 is 0 Å². The lowest BCUT2D eigenvalue weighted by atomic mass is 10.2. The van der Waals surface area contributed by atoms with Gasteiger partial charge in [0.1, 0.15) is 0 Å². The Labute approximate surface area is 90.3 Å². The highest BCUT2D eigenvalue weighted by Crippen LogP contribution is 2.10. The number of carboxylic acid groups (broad SMARTS) is 1. The van der Waals surface area contributed by atoms with Crippen LogP contribution in [-0.4, -0.2) is 34.8 Å². The normalized spacial score (nSPS) is 12.3. The van der Waals surface area contributed by atoms with Gasteiger partial charge in [-0.05, 0) is 18.2 Å². The molecule has 0 amide bonds. The minimum atomic E-state index is -1.20. The third kappa shape index (κ3) is 3.45. The smallest absolute Gasteiger partial charge is 0.335 e. The lowest BCUT2D eigenvalue weighted by Crippen LogP contribution is -2.05. The number of carbonyl (C=O) groups is 1. The number of hydrogen-bond donors (Lipinski definition) is 1. The first-order valence-electron chi connectivity index (χ1n) is 4.36. The van der Waals surface area contributed by atoms with Gasteiger partial charge in [-0.2, -0.15) is 0 Å². The van der Waals surface area contributed by atoms with E-state index in [1.165, 1.54) is 19.2 Å². The predicted octanol–water partition coefficient (Wildman–Crippen LogP) is 1.14. The van der Waals surface area contributed by atoms with E-state index in [-0.39, 0.29) is 5.56 Å². The maximum Gasteiger partial charge on any atom is 0.335 e. The fraction of sp³-hybridized carbons (Fsp3) is 0.300. The van der Waals surface area contributed by atoms with Gasteiger partial charge in [0.05, 0.1) is 28.7 Å². The van der Waals surface area contributed by atoms with Gasteiger partial charge in [0.25, 0.3) is 0 Å². The highest BCUT2D eigenvalue weighted by atomic mass is 32.2. The first-order valence-corrected chi connectivity index (χ1v) is 5.67. The van der Waals surface area contributed by atoms with Gasteiger partial charge in [-0.15, -0.1) is 0 Å². The number of rotatable bonds is 5. The van der Waals surface area contributed by atoms with Crippen molar-refractivity contribution in [2.24, 2.45) is 0 Å². The van der Waals surface area contributed by atoms with Crippen molar-refractivity contribution >= 4 is 16.8 Å². The highest BCUT2D eigenvalue weighted by Gasteiger charge is 2.07. The summed E-state index contributed by atoms with van der Waals surface area (Å²) in [5, 5.41) is 8.74. The first kappa shape index (κ1) is 11.9. The van der Waals surface area contributed by atoms with Crippen molar-refractivity contribution < 1.29 is 18.8 Å². The number of aromatic carboxylic acids is 1. The molecule has 82 valence electrons. The topological polar surface area (TPSA) is 63.6 Å². The van der Waals surface area contributed by atoms with Crippen LogP contribution in [0.4, 0.5) is 0 Å². The molecule has 0 spiro atoms. The minimum Gasteiger partial charge on any atom is -0.478 e. The van der Waals surface area contributed by atoms with E-state index in [2.05, 4.69) is 0 Å². The Bertz CT molecular complexity index is 375. The van der Waals surface area contributed by atoms with Crippen LogP contribution in [0, 0.1) is 0 Å². The Morgan fingerprint density at radius 1 is 1.53 bits per heavy atom. The third-order valence-corrected chi connectivity index (χ3v) is 3.13. The predicted molar refractivity (Wildman–Crippen MR) is 56.6 cm³/mol. The van der Waals surface area contributed by atoms with Crippen LogP contribution in [-0.2, 0) is 15.5 Å². The molecule has 0 fully saturated rings. The molecule has 1 aromatic rings. The molecule has 0 aromatic heterocycles. The van der Waals surface area contributed by atoms with Crippen molar-refractivity contribution in [1.29, 1.82) is 0 Å². The number of hydrogen-bond acceptors (Lipinski definition) is 3. The zero-order valence-corrected chi connectivity index (χ0v) is 9.12. The van der Waals surface area contributed by atoms with Gasteiger partial charge in [-0.1, -0.05) is 6.07 Å². The summed E-state index contributed by atoms with van der Waals surface area (Å²) in [6, 6.07) is 6.13. The fourth-order valence-corrected chi connectivity index (χ4v) is 2.09. The Kier molecular flexibility index (Phi) is 4.45. The van der Waals surface area contributed by atoms with Crippen LogP contribution in [0.3, 0.4) is 0 Å². The van der Waals surface area contributed by atoms with Crippen molar-refractivity contribution in [3.8, 4) is 0 Å². The summed E-state index contributed by atoms with van der Waals surface area (Å²) < 4.78 is 16.4. The van der Waals surface area contributed by atoms with Crippen LogP contribution >= 0.6 is 0 Å².